The van der Waals surface area contributed by atoms with Crippen LogP contribution in [0.15, 0.2) is 119 Å². The van der Waals surface area contributed by atoms with Crippen LogP contribution in [-0.2, 0) is 20.5 Å². The van der Waals surface area contributed by atoms with Crippen molar-refractivity contribution in [2.75, 3.05) is 0 Å². The van der Waals surface area contributed by atoms with E-state index < -0.39 is 9.63 Å². The second-order valence-electron chi connectivity index (χ2n) is 9.90. The molecule has 34 heavy (non-hydrogen) atoms. The molecule has 0 atom stereocenters. The number of benzene rings is 4. The molecule has 4 aromatic rings. The molecule has 0 saturated heterocycles. The second kappa shape index (κ2) is 8.31. The maximum Gasteiger partial charge on any atom is 0.135 e. The van der Waals surface area contributed by atoms with E-state index in [1.54, 1.807) is 24.3 Å². The summed E-state index contributed by atoms with van der Waals surface area (Å²) >= 11 is 0. The molecule has 0 amide bonds. The Morgan fingerprint density at radius 3 is 1.03 bits per heavy atom. The lowest BCUT2D eigenvalue weighted by molar-refractivity contribution is 0.389. The summed E-state index contributed by atoms with van der Waals surface area (Å²) in [6, 6.07) is 33.7. The molecule has 4 heteroatoms. The first-order valence-corrected chi connectivity index (χ1v) is 13.3. The third-order valence-corrected chi connectivity index (χ3v) is 9.24. The fourth-order valence-corrected chi connectivity index (χ4v) is 5.94. The Bertz CT molecular complexity index is 1230. The molecule has 0 spiro atoms. The highest BCUT2D eigenvalue weighted by molar-refractivity contribution is 8.10. The topological polar surface area (TPSA) is 57.5 Å². The fraction of sp³-hybridized carbons (Fsp3) is 0.200. The normalized spacial score (nSPS) is 13.8. The number of hydrogen-bond donors (Lipinski definition) is 2. The van der Waals surface area contributed by atoms with Crippen molar-refractivity contribution in [2.24, 2.45) is 0 Å². The van der Waals surface area contributed by atoms with Gasteiger partial charge in [0.05, 0.1) is 9.79 Å². The summed E-state index contributed by atoms with van der Waals surface area (Å²) < 4.78 is 35.7. The lowest BCUT2D eigenvalue weighted by atomic mass is 9.78. The molecule has 0 aromatic heterocycles. The highest BCUT2D eigenvalue weighted by atomic mass is 32.3. The quantitative estimate of drug-likeness (QED) is 0.305. The zero-order valence-electron chi connectivity index (χ0n) is 20.1. The van der Waals surface area contributed by atoms with Gasteiger partial charge in [0.1, 0.15) is 9.63 Å². The van der Waals surface area contributed by atoms with Crippen molar-refractivity contribution in [1.82, 2.24) is 0 Å². The molecule has 0 aliphatic carbocycles. The maximum atomic E-state index is 13.6. The van der Waals surface area contributed by atoms with Crippen LogP contribution in [0, 0.1) is 0 Å². The molecule has 2 N–H and O–H groups in total. The molecule has 0 fully saturated rings. The van der Waals surface area contributed by atoms with Gasteiger partial charge in [-0.25, -0.2) is 4.21 Å². The van der Waals surface area contributed by atoms with Crippen LogP contribution in [0.5, 0.6) is 0 Å². The van der Waals surface area contributed by atoms with Gasteiger partial charge in [0, 0.05) is 10.8 Å². The Kier molecular flexibility index (Phi) is 5.89. The third kappa shape index (κ3) is 4.25. The van der Waals surface area contributed by atoms with Crippen molar-refractivity contribution in [3.05, 3.63) is 131 Å². The maximum absolute atomic E-state index is 13.6. The molecule has 176 valence electrons. The van der Waals surface area contributed by atoms with E-state index in [4.69, 9.17) is 0 Å². The predicted molar refractivity (Wildman–Crippen MR) is 140 cm³/mol. The van der Waals surface area contributed by atoms with Gasteiger partial charge >= 0.3 is 0 Å². The molecule has 0 aliphatic rings. The summed E-state index contributed by atoms with van der Waals surface area (Å²) in [6.07, 6.45) is 0. The average molecular weight is 473 g/mol. The van der Waals surface area contributed by atoms with Crippen LogP contribution in [0.25, 0.3) is 0 Å². The first-order valence-electron chi connectivity index (χ1n) is 11.4. The Hall–Kier alpha value is -3.05. The van der Waals surface area contributed by atoms with Gasteiger partial charge in [-0.1, -0.05) is 113 Å². The summed E-state index contributed by atoms with van der Waals surface area (Å²) in [7, 11) is -5.22. The second-order valence-corrected chi connectivity index (χ2v) is 12.6. The Labute approximate surface area is 202 Å². The van der Waals surface area contributed by atoms with Gasteiger partial charge in [-0.15, -0.1) is 0 Å². The van der Waals surface area contributed by atoms with Crippen molar-refractivity contribution in [3.63, 3.8) is 0 Å². The molecular weight excluding hydrogens is 440 g/mol. The predicted octanol–water partition coefficient (Wildman–Crippen LogP) is 7.52. The molecule has 0 unspecified atom stereocenters. The standard InChI is InChI=1S/C30H32O3S/c1-29(2,23-11-7-5-8-12-23)25-15-19-27(20-16-25)34(31,32,33)28-21-17-26(18-22-28)30(3,4)24-13-9-6-10-14-24/h5-22H,1-4H3,(H2,31,32,33). The van der Waals surface area contributed by atoms with E-state index in [1.807, 2.05) is 60.7 Å². The zero-order valence-corrected chi connectivity index (χ0v) is 20.9. The molecule has 0 bridgehead atoms. The van der Waals surface area contributed by atoms with Crippen LogP contribution in [0.2, 0.25) is 0 Å². The van der Waals surface area contributed by atoms with E-state index in [0.717, 1.165) is 22.3 Å². The van der Waals surface area contributed by atoms with Crippen LogP contribution in [0.1, 0.15) is 49.9 Å². The van der Waals surface area contributed by atoms with Gasteiger partial charge in [-0.3, -0.25) is 0 Å². The largest absolute Gasteiger partial charge is 0.301 e. The minimum absolute atomic E-state index is 0.0142. The summed E-state index contributed by atoms with van der Waals surface area (Å²) in [4.78, 5) is -0.0284. The van der Waals surface area contributed by atoms with Crippen LogP contribution < -0.4 is 0 Å². The van der Waals surface area contributed by atoms with E-state index in [1.165, 1.54) is 0 Å². The van der Waals surface area contributed by atoms with Gasteiger partial charge < -0.3 is 9.11 Å². The van der Waals surface area contributed by atoms with Gasteiger partial charge in [-0.05, 0) is 46.5 Å². The highest BCUT2D eigenvalue weighted by Gasteiger charge is 2.36. The summed E-state index contributed by atoms with van der Waals surface area (Å²) in [5, 5.41) is 0. The molecule has 0 aliphatic heterocycles. The van der Waals surface area contributed by atoms with E-state index in [9.17, 15) is 13.3 Å². The van der Waals surface area contributed by atoms with Gasteiger partial charge in [0.15, 0.2) is 0 Å². The van der Waals surface area contributed by atoms with Crippen molar-refractivity contribution >= 4 is 9.63 Å². The number of hydrogen-bond acceptors (Lipinski definition) is 1. The molecule has 4 aromatic carbocycles. The molecular formula is C30H32O3S. The van der Waals surface area contributed by atoms with Crippen molar-refractivity contribution in [3.8, 4) is 0 Å². The molecule has 0 saturated carbocycles. The van der Waals surface area contributed by atoms with Crippen LogP contribution in [0.3, 0.4) is 0 Å². The summed E-state index contributed by atoms with van der Waals surface area (Å²) in [6.45, 7) is 8.43. The summed E-state index contributed by atoms with van der Waals surface area (Å²) in [5.41, 5.74) is 3.70. The first kappa shape index (κ1) is 24.1. The van der Waals surface area contributed by atoms with Crippen LogP contribution in [-0.4, -0.2) is 13.3 Å². The molecule has 0 radical (unpaired) electrons. The van der Waals surface area contributed by atoms with E-state index in [-0.39, 0.29) is 20.6 Å². The zero-order chi connectivity index (χ0) is 24.6. The average Bonchev–Trinajstić information content (AvgIpc) is 2.85. The van der Waals surface area contributed by atoms with Gasteiger partial charge in [0.25, 0.3) is 0 Å². The van der Waals surface area contributed by atoms with E-state index in [0.29, 0.717) is 0 Å². The minimum Gasteiger partial charge on any atom is -0.301 e. The first-order chi connectivity index (χ1) is 15.9. The van der Waals surface area contributed by atoms with Crippen molar-refractivity contribution in [2.45, 2.75) is 48.3 Å². The molecule has 0 heterocycles. The molecule has 3 nitrogen and oxygen atoms in total. The van der Waals surface area contributed by atoms with Gasteiger partial charge in [-0.2, -0.15) is 0 Å². The summed E-state index contributed by atoms with van der Waals surface area (Å²) in [5.74, 6) is 0. The van der Waals surface area contributed by atoms with Crippen LogP contribution >= 0.6 is 0 Å². The SMILES string of the molecule is CC(C)(c1ccccc1)c1ccc(S(=O)(O)(O)c2ccc(C(C)(C)c3ccccc3)cc2)cc1. The van der Waals surface area contributed by atoms with Crippen molar-refractivity contribution < 1.29 is 13.3 Å². The fourth-order valence-electron chi connectivity index (χ4n) is 4.41. The smallest absolute Gasteiger partial charge is 0.135 e. The minimum atomic E-state index is -5.22. The number of rotatable bonds is 6. The Balaban J connectivity index is 1.66. The molecule has 4 rings (SSSR count). The third-order valence-electron chi connectivity index (χ3n) is 6.99. The van der Waals surface area contributed by atoms with Crippen LogP contribution in [0.4, 0.5) is 0 Å². The van der Waals surface area contributed by atoms with Gasteiger partial charge in [0.2, 0.25) is 0 Å². The monoisotopic (exact) mass is 472 g/mol. The van der Waals surface area contributed by atoms with E-state index >= 15 is 0 Å². The van der Waals surface area contributed by atoms with E-state index in [2.05, 4.69) is 52.0 Å². The lowest BCUT2D eigenvalue weighted by Gasteiger charge is -2.33. The Morgan fingerprint density at radius 1 is 0.471 bits per heavy atom. The Morgan fingerprint density at radius 2 is 0.735 bits per heavy atom. The van der Waals surface area contributed by atoms with Crippen molar-refractivity contribution in [1.29, 1.82) is 0 Å². The highest BCUT2D eigenvalue weighted by Crippen LogP contribution is 2.41. The lowest BCUT2D eigenvalue weighted by Crippen LogP contribution is -2.32.